The van der Waals surface area contributed by atoms with Crippen molar-refractivity contribution in [3.8, 4) is 0 Å². The SMILES string of the molecule is CN(C)C(=O)c1cc2cnc(Cl)nc2n1C1CCCC1.Cc1cc(N)ncc1C(=O)N1CC2CC3(C(=O)OC(C)(C)C)CC(C1)N23.Cc1cc(Nc2ncc3cc(C(=O)N(C)C)n(C4CCCC4)c3n2)ncc1C(=O)N1CC2CC3(C(=O)OC(C)(C)C)CC(C1)N23. The number of fused-ring (bicyclic) bond motifs is 2. The first kappa shape index (κ1) is 63.3. The van der Waals surface area contributed by atoms with Crippen molar-refractivity contribution >= 4 is 86.8 Å². The molecule has 6 aromatic rings. The van der Waals surface area contributed by atoms with Gasteiger partial charge in [-0.3, -0.25) is 38.6 Å². The van der Waals surface area contributed by atoms with Crippen molar-refractivity contribution in [3.05, 3.63) is 88.0 Å². The van der Waals surface area contributed by atoms with Gasteiger partial charge in [0.1, 0.15) is 56.6 Å². The fourth-order valence-electron chi connectivity index (χ4n) is 15.5. The molecule has 4 amide bonds. The Morgan fingerprint density at radius 1 is 0.560 bits per heavy atom. The molecule has 0 spiro atoms. The first-order chi connectivity index (χ1) is 43.0. The molecule has 24 nitrogen and oxygen atoms in total. The van der Waals surface area contributed by atoms with Gasteiger partial charge in [0.15, 0.2) is 0 Å². The van der Waals surface area contributed by atoms with Crippen LogP contribution in [-0.2, 0) is 19.1 Å². The third kappa shape index (κ3) is 11.7. The summed E-state index contributed by atoms with van der Waals surface area (Å²) in [5.41, 5.74) is 9.36. The lowest BCUT2D eigenvalue weighted by molar-refractivity contribution is -0.245. The number of anilines is 3. The average molecular weight is 1270 g/mol. The summed E-state index contributed by atoms with van der Waals surface area (Å²) in [6, 6.07) is 8.70. The number of nitrogens with one attached hydrogen (secondary N) is 1. The van der Waals surface area contributed by atoms with E-state index in [1.165, 1.54) is 12.8 Å². The van der Waals surface area contributed by atoms with Crippen LogP contribution >= 0.6 is 11.6 Å². The van der Waals surface area contributed by atoms with Crippen molar-refractivity contribution in [2.75, 3.05) is 65.4 Å². The van der Waals surface area contributed by atoms with Gasteiger partial charge in [-0.05, 0) is 154 Å². The highest BCUT2D eigenvalue weighted by Gasteiger charge is 2.71. The Kier molecular flexibility index (Phi) is 16.5. The van der Waals surface area contributed by atoms with E-state index in [-0.39, 0.29) is 71.1 Å². The van der Waals surface area contributed by atoms with Crippen molar-refractivity contribution in [1.29, 1.82) is 0 Å². The number of nitrogen functional groups attached to an aromatic ring is 1. The van der Waals surface area contributed by atoms with Crippen molar-refractivity contribution in [3.63, 3.8) is 0 Å². The second-order valence-electron chi connectivity index (χ2n) is 28.6. The predicted octanol–water partition coefficient (Wildman–Crippen LogP) is 8.33. The number of hydrogen-bond donors (Lipinski definition) is 2. The number of esters is 2. The van der Waals surface area contributed by atoms with Gasteiger partial charge in [-0.25, -0.2) is 19.9 Å². The monoisotopic (exact) mass is 1260 g/mol. The Morgan fingerprint density at radius 3 is 1.37 bits per heavy atom. The van der Waals surface area contributed by atoms with E-state index < -0.39 is 22.3 Å². The number of hydrogen-bond acceptors (Lipinski definition) is 18. The van der Waals surface area contributed by atoms with Gasteiger partial charge in [0.2, 0.25) is 11.2 Å². The molecule has 0 radical (unpaired) electrons. The van der Waals surface area contributed by atoms with E-state index in [4.69, 9.17) is 31.8 Å². The normalized spacial score (nSPS) is 24.2. The number of carbonyl (C=O) groups is 6. The Labute approximate surface area is 535 Å². The van der Waals surface area contributed by atoms with E-state index in [9.17, 15) is 28.8 Å². The first-order valence-corrected chi connectivity index (χ1v) is 32.3. The number of halogens is 1. The summed E-state index contributed by atoms with van der Waals surface area (Å²) in [6.45, 7) is 17.6. The van der Waals surface area contributed by atoms with Gasteiger partial charge in [0, 0.05) is 126 Å². The zero-order valence-electron chi connectivity index (χ0n) is 54.4. The molecular formula is C66H85ClN16O8. The fourth-order valence-corrected chi connectivity index (χ4v) is 15.6. The van der Waals surface area contributed by atoms with E-state index in [0.717, 1.165) is 97.4 Å². The number of piperazine rings is 2. The summed E-state index contributed by atoms with van der Waals surface area (Å²) in [5.74, 6) is 0.986. The molecule has 0 aromatic carbocycles. The molecule has 0 bridgehead atoms. The van der Waals surface area contributed by atoms with Crippen molar-refractivity contribution in [2.45, 2.75) is 191 Å². The number of nitrogens with two attached hydrogens (primary N) is 1. The standard InChI is InChI=1S/C33H42N8O4.C19H26N4O3.C14H17ClN4O/c1-19-11-26(36-31-35-15-20-12-25(29(43)38(5)6)40(27(20)37-31)21-9-7-8-10-21)34-16-24(19)28(42)39-17-22-13-33(14-23(18-39)41(22)33)30(44)45-32(2,3)4;1-11-5-15(20)21-8-14(11)16(24)22-9-12-6-19(7-13(10-22)23(12)19)17(25)26-18(2,3)4;1-18(2)13(20)11-7-9-8-16-14(15)17-12(9)19(11)10-5-3-4-6-10/h11-12,15-16,21-23H,7-10,13-14,17-18H2,1-6H3,(H,34,35,36,37);5,8,12-13H,6-7,9-10H2,1-4H3,(H2,20,21);7-8,10H,3-6H2,1-2H3. The molecule has 12 heterocycles. The summed E-state index contributed by atoms with van der Waals surface area (Å²) in [6.07, 6.45) is 18.4. The third-order valence-electron chi connectivity index (χ3n) is 19.4. The molecule has 8 aliphatic rings. The van der Waals surface area contributed by atoms with Gasteiger partial charge in [0.25, 0.3) is 23.6 Å². The largest absolute Gasteiger partial charge is 0.459 e. The minimum atomic E-state index is -0.513. The minimum Gasteiger partial charge on any atom is -0.459 e. The molecule has 8 fully saturated rings. The Balaban J connectivity index is 0.000000146. The van der Waals surface area contributed by atoms with E-state index in [0.29, 0.717) is 72.3 Å². The molecule has 6 aliphatic heterocycles. The van der Waals surface area contributed by atoms with Crippen LogP contribution in [0.5, 0.6) is 0 Å². The van der Waals surface area contributed by atoms with Gasteiger partial charge in [-0.15, -0.1) is 0 Å². The highest BCUT2D eigenvalue weighted by molar-refractivity contribution is 6.28. The maximum Gasteiger partial charge on any atom is 0.327 e. The fraction of sp³-hybridized carbons (Fsp3) is 0.576. The number of piperidine rings is 2. The molecule has 14 rings (SSSR count). The Bertz CT molecular complexity index is 3860. The topological polar surface area (TPSA) is 266 Å². The van der Waals surface area contributed by atoms with Crippen molar-refractivity contribution in [2.24, 2.45) is 0 Å². The lowest BCUT2D eigenvalue weighted by Gasteiger charge is -2.71. The van der Waals surface area contributed by atoms with Crippen LogP contribution in [0.4, 0.5) is 17.6 Å². The van der Waals surface area contributed by atoms with Crippen LogP contribution in [0, 0.1) is 13.8 Å². The third-order valence-corrected chi connectivity index (χ3v) is 19.6. The van der Waals surface area contributed by atoms with E-state index in [2.05, 4.69) is 49.2 Å². The van der Waals surface area contributed by atoms with Crippen LogP contribution in [-0.4, -0.2) is 205 Å². The second kappa shape index (κ2) is 23.7. The molecule has 484 valence electrons. The molecule has 4 atom stereocenters. The van der Waals surface area contributed by atoms with Crippen LogP contribution < -0.4 is 11.1 Å². The molecule has 3 N–H and O–H groups in total. The molecular weight excluding hydrogens is 1180 g/mol. The smallest absolute Gasteiger partial charge is 0.327 e. The zero-order chi connectivity index (χ0) is 65.0. The number of rotatable bonds is 10. The molecule has 2 saturated carbocycles. The highest BCUT2D eigenvalue weighted by atomic mass is 35.5. The summed E-state index contributed by atoms with van der Waals surface area (Å²) < 4.78 is 15.5. The predicted molar refractivity (Wildman–Crippen MR) is 343 cm³/mol. The molecule has 6 saturated heterocycles. The van der Waals surface area contributed by atoms with Crippen LogP contribution in [0.25, 0.3) is 22.1 Å². The minimum absolute atomic E-state index is 0.00341. The van der Waals surface area contributed by atoms with Gasteiger partial charge >= 0.3 is 11.9 Å². The maximum absolute atomic E-state index is 13.6. The summed E-state index contributed by atoms with van der Waals surface area (Å²) in [4.78, 5) is 115. The number of pyridine rings is 2. The van der Waals surface area contributed by atoms with Gasteiger partial charge in [-0.1, -0.05) is 25.7 Å². The second-order valence-corrected chi connectivity index (χ2v) is 29.0. The molecule has 25 heteroatoms. The van der Waals surface area contributed by atoms with Crippen LogP contribution in [0.2, 0.25) is 5.28 Å². The maximum atomic E-state index is 13.6. The number of likely N-dealkylation sites (tertiary alicyclic amines) is 2. The van der Waals surface area contributed by atoms with E-state index >= 15 is 0 Å². The lowest BCUT2D eigenvalue weighted by Crippen LogP contribution is -2.87. The highest BCUT2D eigenvalue weighted by Crippen LogP contribution is 2.56. The summed E-state index contributed by atoms with van der Waals surface area (Å²) in [5, 5.41) is 5.12. The first-order valence-electron chi connectivity index (χ1n) is 32.0. The number of aromatic nitrogens is 8. The summed E-state index contributed by atoms with van der Waals surface area (Å²) >= 11 is 5.92. The summed E-state index contributed by atoms with van der Waals surface area (Å²) in [7, 11) is 7.05. The van der Waals surface area contributed by atoms with Crippen LogP contribution in [0.3, 0.4) is 0 Å². The number of ether oxygens (including phenoxy) is 2. The Hall–Kier alpha value is -7.83. The number of amides is 4. The molecule has 91 heavy (non-hydrogen) atoms. The van der Waals surface area contributed by atoms with Gasteiger partial charge in [-0.2, -0.15) is 9.97 Å². The van der Waals surface area contributed by atoms with Gasteiger partial charge in [0.05, 0.1) is 11.1 Å². The number of carbonyl (C=O) groups excluding carboxylic acids is 6. The van der Waals surface area contributed by atoms with Crippen molar-refractivity contribution in [1.82, 2.24) is 68.4 Å². The molecule has 4 unspecified atom stereocenters. The van der Waals surface area contributed by atoms with Gasteiger partial charge < -0.3 is 49.3 Å². The zero-order valence-corrected chi connectivity index (χ0v) is 55.1. The lowest BCUT2D eigenvalue weighted by atomic mass is 9.62. The quantitative estimate of drug-likeness (QED) is 0.0964. The molecule has 2 aliphatic carbocycles. The van der Waals surface area contributed by atoms with Crippen LogP contribution in [0.15, 0.2) is 49.1 Å². The van der Waals surface area contributed by atoms with E-state index in [1.54, 1.807) is 68.8 Å². The van der Waals surface area contributed by atoms with Crippen molar-refractivity contribution < 1.29 is 38.2 Å². The Morgan fingerprint density at radius 2 is 0.967 bits per heavy atom. The average Bonchev–Trinajstić information content (AvgIpc) is 1.40. The number of aryl methyl sites for hydroxylation is 2. The molecule has 6 aromatic heterocycles. The van der Waals surface area contributed by atoms with Crippen LogP contribution in [0.1, 0.15) is 183 Å². The number of nitrogens with zero attached hydrogens (tertiary/aromatic N) is 14. The van der Waals surface area contributed by atoms with E-state index in [1.807, 2.05) is 83.4 Å².